The largest absolute Gasteiger partial charge is 0.545 e. The van der Waals surface area contributed by atoms with Gasteiger partial charge in [0, 0.05) is 5.69 Å². The van der Waals surface area contributed by atoms with Gasteiger partial charge in [-0.3, -0.25) is 4.79 Å². The number of para-hydroxylation sites is 1. The summed E-state index contributed by atoms with van der Waals surface area (Å²) in [7, 11) is 0. The molecule has 0 amide bonds. The second kappa shape index (κ2) is 7.74. The van der Waals surface area contributed by atoms with E-state index in [2.05, 4.69) is 10.4 Å². The van der Waals surface area contributed by atoms with Gasteiger partial charge in [0.1, 0.15) is 0 Å². The number of hydrogen-bond acceptors (Lipinski definition) is 6. The highest BCUT2D eigenvalue weighted by molar-refractivity contribution is 5.87. The molecule has 7 nitrogen and oxygen atoms in total. The summed E-state index contributed by atoms with van der Waals surface area (Å²) >= 11 is 0. The van der Waals surface area contributed by atoms with Crippen LogP contribution >= 0.6 is 0 Å². The Kier molecular flexibility index (Phi) is 5.21. The minimum absolute atomic E-state index is 0.00349. The van der Waals surface area contributed by atoms with Crippen molar-refractivity contribution in [1.29, 1.82) is 0 Å². The van der Waals surface area contributed by atoms with Crippen LogP contribution in [0.1, 0.15) is 24.2 Å². The molecule has 1 heterocycles. The Labute approximate surface area is 155 Å². The topological polar surface area (TPSA) is 96.3 Å². The first-order chi connectivity index (χ1) is 13.0. The number of anilines is 2. The Morgan fingerprint density at radius 1 is 1.15 bits per heavy atom. The molecule has 0 spiro atoms. The minimum atomic E-state index is -1.30. The summed E-state index contributed by atoms with van der Waals surface area (Å²) < 4.78 is 6.95. The Morgan fingerprint density at radius 2 is 1.89 bits per heavy atom. The van der Waals surface area contributed by atoms with Crippen molar-refractivity contribution in [2.45, 2.75) is 20.0 Å². The SMILES string of the molecule is CC(C)Oc1cnn(-c2ccccc2)c(=O)c1Nc1cccc(C(=O)[O-])c1. The summed E-state index contributed by atoms with van der Waals surface area (Å²) in [6.07, 6.45) is 1.29. The van der Waals surface area contributed by atoms with Crippen molar-refractivity contribution in [1.82, 2.24) is 9.78 Å². The molecular formula is C20H18N3O4-. The fourth-order valence-electron chi connectivity index (χ4n) is 2.52. The number of aromatic nitrogens is 2. The van der Waals surface area contributed by atoms with Crippen LogP contribution < -0.4 is 20.7 Å². The van der Waals surface area contributed by atoms with E-state index >= 15 is 0 Å². The molecular weight excluding hydrogens is 346 g/mol. The molecule has 0 radical (unpaired) electrons. The average molecular weight is 364 g/mol. The third kappa shape index (κ3) is 4.14. The van der Waals surface area contributed by atoms with E-state index in [-0.39, 0.29) is 23.1 Å². The van der Waals surface area contributed by atoms with Gasteiger partial charge in [-0.05, 0) is 43.7 Å². The number of nitrogens with one attached hydrogen (secondary N) is 1. The van der Waals surface area contributed by atoms with Gasteiger partial charge in [-0.25, -0.2) is 0 Å². The lowest BCUT2D eigenvalue weighted by Gasteiger charge is -2.16. The Balaban J connectivity index is 2.09. The number of aromatic carboxylic acids is 1. The Bertz CT molecular complexity index is 1010. The maximum absolute atomic E-state index is 13.0. The van der Waals surface area contributed by atoms with Crippen molar-refractivity contribution < 1.29 is 14.6 Å². The molecule has 0 unspecified atom stereocenters. The fourth-order valence-corrected chi connectivity index (χ4v) is 2.52. The molecule has 0 saturated heterocycles. The van der Waals surface area contributed by atoms with Gasteiger partial charge < -0.3 is 20.0 Å². The molecule has 0 aliphatic carbocycles. The quantitative estimate of drug-likeness (QED) is 0.720. The van der Waals surface area contributed by atoms with Crippen LogP contribution in [0.5, 0.6) is 5.75 Å². The van der Waals surface area contributed by atoms with E-state index in [1.807, 2.05) is 19.9 Å². The lowest BCUT2D eigenvalue weighted by atomic mass is 10.2. The van der Waals surface area contributed by atoms with Gasteiger partial charge in [0.15, 0.2) is 11.4 Å². The van der Waals surface area contributed by atoms with Gasteiger partial charge in [0.2, 0.25) is 0 Å². The first-order valence-electron chi connectivity index (χ1n) is 8.38. The van der Waals surface area contributed by atoms with E-state index in [1.165, 1.54) is 23.0 Å². The van der Waals surface area contributed by atoms with Crippen molar-refractivity contribution in [3.05, 3.63) is 76.7 Å². The van der Waals surface area contributed by atoms with Crippen molar-refractivity contribution in [3.8, 4) is 11.4 Å². The summed E-state index contributed by atoms with van der Waals surface area (Å²) in [5.41, 5.74) is 0.776. The zero-order valence-corrected chi connectivity index (χ0v) is 14.9. The number of carboxylic acid groups (broad SMARTS) is 1. The molecule has 0 atom stereocenters. The van der Waals surface area contributed by atoms with Gasteiger partial charge in [0.05, 0.1) is 24.0 Å². The smallest absolute Gasteiger partial charge is 0.299 e. The van der Waals surface area contributed by atoms with Gasteiger partial charge in [-0.15, -0.1) is 0 Å². The van der Waals surface area contributed by atoms with Crippen LogP contribution in [0.3, 0.4) is 0 Å². The van der Waals surface area contributed by atoms with Gasteiger partial charge >= 0.3 is 0 Å². The summed E-state index contributed by atoms with van der Waals surface area (Å²) in [5.74, 6) is -1.02. The van der Waals surface area contributed by atoms with Crippen molar-refractivity contribution >= 4 is 17.3 Å². The van der Waals surface area contributed by atoms with E-state index in [1.54, 1.807) is 36.4 Å². The van der Waals surface area contributed by atoms with Gasteiger partial charge in [-0.2, -0.15) is 9.78 Å². The molecule has 2 aromatic carbocycles. The summed E-state index contributed by atoms with van der Waals surface area (Å²) in [5, 5.41) is 18.2. The van der Waals surface area contributed by atoms with E-state index in [0.29, 0.717) is 11.4 Å². The zero-order chi connectivity index (χ0) is 19.4. The highest BCUT2D eigenvalue weighted by Crippen LogP contribution is 2.25. The third-order valence-electron chi connectivity index (χ3n) is 3.67. The maximum Gasteiger partial charge on any atom is 0.299 e. The van der Waals surface area contributed by atoms with Crippen LogP contribution in [0, 0.1) is 0 Å². The zero-order valence-electron chi connectivity index (χ0n) is 14.9. The number of rotatable bonds is 6. The molecule has 0 saturated carbocycles. The van der Waals surface area contributed by atoms with Crippen LogP contribution in [0.25, 0.3) is 5.69 Å². The number of hydrogen-bond donors (Lipinski definition) is 1. The monoisotopic (exact) mass is 364 g/mol. The summed E-state index contributed by atoms with van der Waals surface area (Å²) in [6.45, 7) is 3.67. The number of ether oxygens (including phenoxy) is 1. The molecule has 0 fully saturated rings. The lowest BCUT2D eigenvalue weighted by molar-refractivity contribution is -0.255. The Hall–Kier alpha value is -3.61. The second-order valence-electron chi connectivity index (χ2n) is 6.10. The van der Waals surface area contributed by atoms with Crippen LogP contribution in [-0.2, 0) is 0 Å². The molecule has 27 heavy (non-hydrogen) atoms. The standard InChI is InChI=1S/C20H19N3O4/c1-13(2)27-17-12-21-23(16-9-4-3-5-10-16)19(24)18(17)22-15-8-6-7-14(11-15)20(25)26/h3-13,22H,1-2H3,(H,25,26)/p-1. The maximum atomic E-state index is 13.0. The molecule has 3 aromatic rings. The normalized spacial score (nSPS) is 10.6. The average Bonchev–Trinajstić information content (AvgIpc) is 2.65. The van der Waals surface area contributed by atoms with E-state index in [4.69, 9.17) is 4.74 Å². The van der Waals surface area contributed by atoms with Crippen LogP contribution in [0.2, 0.25) is 0 Å². The molecule has 1 aromatic heterocycles. The molecule has 0 aliphatic heterocycles. The highest BCUT2D eigenvalue weighted by atomic mass is 16.5. The third-order valence-corrected chi connectivity index (χ3v) is 3.67. The van der Waals surface area contributed by atoms with Gasteiger partial charge in [0.25, 0.3) is 5.56 Å². The number of carbonyl (C=O) groups is 1. The summed E-state index contributed by atoms with van der Waals surface area (Å²) in [6, 6.07) is 15.0. The fraction of sp³-hybridized carbons (Fsp3) is 0.150. The highest BCUT2D eigenvalue weighted by Gasteiger charge is 2.15. The summed E-state index contributed by atoms with van der Waals surface area (Å²) in [4.78, 5) is 24.1. The molecule has 3 rings (SSSR count). The van der Waals surface area contributed by atoms with Crippen molar-refractivity contribution in [3.63, 3.8) is 0 Å². The predicted molar refractivity (Wildman–Crippen MR) is 99.7 cm³/mol. The predicted octanol–water partition coefficient (Wildman–Crippen LogP) is 2.13. The minimum Gasteiger partial charge on any atom is -0.545 e. The van der Waals surface area contributed by atoms with Crippen molar-refractivity contribution in [2.24, 2.45) is 0 Å². The van der Waals surface area contributed by atoms with Crippen LogP contribution in [-0.4, -0.2) is 21.9 Å². The lowest BCUT2D eigenvalue weighted by Crippen LogP contribution is -2.25. The van der Waals surface area contributed by atoms with Gasteiger partial charge in [-0.1, -0.05) is 30.3 Å². The molecule has 138 valence electrons. The van der Waals surface area contributed by atoms with Crippen molar-refractivity contribution in [2.75, 3.05) is 5.32 Å². The van der Waals surface area contributed by atoms with Crippen LogP contribution in [0.4, 0.5) is 11.4 Å². The molecule has 1 N–H and O–H groups in total. The van der Waals surface area contributed by atoms with Crippen LogP contribution in [0.15, 0.2) is 65.6 Å². The molecule has 0 aliphatic rings. The first kappa shape index (κ1) is 18.2. The molecule has 0 bridgehead atoms. The first-order valence-corrected chi connectivity index (χ1v) is 8.38. The van der Waals surface area contributed by atoms with E-state index in [0.717, 1.165) is 0 Å². The molecule has 7 heteroatoms. The number of carboxylic acids is 1. The second-order valence-corrected chi connectivity index (χ2v) is 6.10. The van der Waals surface area contributed by atoms with E-state index in [9.17, 15) is 14.7 Å². The Morgan fingerprint density at radius 3 is 2.56 bits per heavy atom. The number of carbonyl (C=O) groups excluding carboxylic acids is 1. The number of benzene rings is 2. The van der Waals surface area contributed by atoms with E-state index < -0.39 is 11.5 Å². The number of nitrogens with zero attached hydrogens (tertiary/aromatic N) is 2.